The lowest BCUT2D eigenvalue weighted by Crippen LogP contribution is -2.23. The van der Waals surface area contributed by atoms with Crippen LogP contribution < -0.4 is 0 Å². The summed E-state index contributed by atoms with van der Waals surface area (Å²) in [7, 11) is 0. The molecule has 112 valence electrons. The number of hydrogen-bond donors (Lipinski definition) is 2. The number of nitrogens with zero attached hydrogens (tertiary/aromatic N) is 1. The summed E-state index contributed by atoms with van der Waals surface area (Å²) in [6, 6.07) is 16.4. The molecule has 0 aliphatic carbocycles. The van der Waals surface area contributed by atoms with Gasteiger partial charge in [-0.05, 0) is 23.3 Å². The third-order valence-corrected chi connectivity index (χ3v) is 3.09. The minimum atomic E-state index is -0.926. The van der Waals surface area contributed by atoms with E-state index >= 15 is 0 Å². The van der Waals surface area contributed by atoms with Crippen molar-refractivity contribution in [2.24, 2.45) is 0 Å². The van der Waals surface area contributed by atoms with Gasteiger partial charge in [0.25, 0.3) is 0 Å². The van der Waals surface area contributed by atoms with Crippen LogP contribution in [0, 0.1) is 11.8 Å². The van der Waals surface area contributed by atoms with Crippen LogP contribution >= 0.6 is 0 Å². The Labute approximate surface area is 129 Å². The lowest BCUT2D eigenvalue weighted by Gasteiger charge is -2.13. The van der Waals surface area contributed by atoms with E-state index in [9.17, 15) is 15.1 Å². The number of hydrogen-bond acceptors (Lipinski definition) is 3. The van der Waals surface area contributed by atoms with Crippen LogP contribution in [0.1, 0.15) is 29.7 Å². The standard InChI is InChI=1S/C18H17NO3/c1-14(20)19(22)13-16-8-5-9-17(12-16)18(21)11-10-15-6-3-2-4-7-15/h2-9,12,18,21-22H,13H2,1H3. The molecular weight excluding hydrogens is 278 g/mol. The van der Waals surface area contributed by atoms with E-state index in [0.29, 0.717) is 10.6 Å². The van der Waals surface area contributed by atoms with Gasteiger partial charge in [0.15, 0.2) is 0 Å². The van der Waals surface area contributed by atoms with E-state index < -0.39 is 12.0 Å². The largest absolute Gasteiger partial charge is 0.376 e. The molecular formula is C18H17NO3. The van der Waals surface area contributed by atoms with Gasteiger partial charge in [0.1, 0.15) is 6.10 Å². The van der Waals surface area contributed by atoms with Gasteiger partial charge in [0, 0.05) is 12.5 Å². The lowest BCUT2D eigenvalue weighted by atomic mass is 10.1. The van der Waals surface area contributed by atoms with Crippen molar-refractivity contribution in [3.63, 3.8) is 0 Å². The first kappa shape index (κ1) is 15.8. The number of benzene rings is 2. The van der Waals surface area contributed by atoms with Crippen molar-refractivity contribution in [3.05, 3.63) is 71.3 Å². The Kier molecular flexibility index (Phi) is 5.31. The van der Waals surface area contributed by atoms with Gasteiger partial charge in [-0.15, -0.1) is 0 Å². The molecule has 0 spiro atoms. The molecule has 2 aromatic rings. The van der Waals surface area contributed by atoms with Gasteiger partial charge in [-0.2, -0.15) is 0 Å². The molecule has 0 saturated heterocycles. The summed E-state index contributed by atoms with van der Waals surface area (Å²) in [5, 5.41) is 20.2. The smallest absolute Gasteiger partial charge is 0.243 e. The van der Waals surface area contributed by atoms with Crippen LogP contribution in [-0.2, 0) is 11.3 Å². The SMILES string of the molecule is CC(=O)N(O)Cc1cccc(C(O)C#Cc2ccccc2)c1. The molecule has 1 amide bonds. The molecule has 2 N–H and O–H groups in total. The van der Waals surface area contributed by atoms with Crippen LogP contribution in [0.2, 0.25) is 0 Å². The van der Waals surface area contributed by atoms with Gasteiger partial charge < -0.3 is 5.11 Å². The van der Waals surface area contributed by atoms with E-state index in [4.69, 9.17) is 0 Å². The number of rotatable bonds is 3. The molecule has 1 unspecified atom stereocenters. The fourth-order valence-electron chi connectivity index (χ4n) is 1.90. The average Bonchev–Trinajstić information content (AvgIpc) is 2.53. The highest BCUT2D eigenvalue weighted by molar-refractivity contribution is 5.71. The summed E-state index contributed by atoms with van der Waals surface area (Å²) in [4.78, 5) is 11.0. The fourth-order valence-corrected chi connectivity index (χ4v) is 1.90. The number of hydroxylamine groups is 2. The molecule has 0 aliphatic rings. The third-order valence-electron chi connectivity index (χ3n) is 3.09. The monoisotopic (exact) mass is 295 g/mol. The Morgan fingerprint density at radius 3 is 2.59 bits per heavy atom. The fraction of sp³-hybridized carbons (Fsp3) is 0.167. The van der Waals surface area contributed by atoms with E-state index in [1.807, 2.05) is 30.3 Å². The highest BCUT2D eigenvalue weighted by Gasteiger charge is 2.08. The zero-order valence-corrected chi connectivity index (χ0v) is 12.2. The second-order valence-electron chi connectivity index (χ2n) is 4.86. The summed E-state index contributed by atoms with van der Waals surface area (Å²) in [5.41, 5.74) is 2.17. The zero-order valence-electron chi connectivity index (χ0n) is 12.2. The highest BCUT2D eigenvalue weighted by atomic mass is 16.5. The molecule has 22 heavy (non-hydrogen) atoms. The van der Waals surface area contributed by atoms with Crippen LogP contribution in [-0.4, -0.2) is 21.3 Å². The van der Waals surface area contributed by atoms with Crippen LogP contribution in [0.15, 0.2) is 54.6 Å². The van der Waals surface area contributed by atoms with Gasteiger partial charge in [-0.25, -0.2) is 5.06 Å². The predicted octanol–water partition coefficient (Wildman–Crippen LogP) is 2.51. The van der Waals surface area contributed by atoms with Crippen molar-refractivity contribution in [2.45, 2.75) is 19.6 Å². The Hall–Kier alpha value is -2.61. The van der Waals surface area contributed by atoms with Gasteiger partial charge in [-0.1, -0.05) is 54.3 Å². The van der Waals surface area contributed by atoms with Crippen molar-refractivity contribution >= 4 is 5.91 Å². The second kappa shape index (κ2) is 7.41. The van der Waals surface area contributed by atoms with E-state index in [1.165, 1.54) is 6.92 Å². The summed E-state index contributed by atoms with van der Waals surface area (Å²) < 4.78 is 0. The highest BCUT2D eigenvalue weighted by Crippen LogP contribution is 2.15. The van der Waals surface area contributed by atoms with Crippen LogP contribution in [0.3, 0.4) is 0 Å². The maximum atomic E-state index is 11.0. The van der Waals surface area contributed by atoms with E-state index in [0.717, 1.165) is 11.1 Å². The minimum absolute atomic E-state index is 0.0714. The van der Waals surface area contributed by atoms with E-state index in [-0.39, 0.29) is 6.54 Å². The molecule has 4 nitrogen and oxygen atoms in total. The third kappa shape index (κ3) is 4.45. The van der Waals surface area contributed by atoms with Crippen molar-refractivity contribution in [2.75, 3.05) is 0 Å². The summed E-state index contributed by atoms with van der Waals surface area (Å²) >= 11 is 0. The van der Waals surface area contributed by atoms with E-state index in [2.05, 4.69) is 11.8 Å². The number of aliphatic hydroxyl groups is 1. The first-order valence-corrected chi connectivity index (χ1v) is 6.87. The first-order chi connectivity index (χ1) is 10.6. The quantitative estimate of drug-likeness (QED) is 0.519. The number of amides is 1. The van der Waals surface area contributed by atoms with Crippen molar-refractivity contribution < 1.29 is 15.1 Å². The number of aliphatic hydroxyl groups excluding tert-OH is 1. The molecule has 4 heteroatoms. The first-order valence-electron chi connectivity index (χ1n) is 6.87. The molecule has 0 saturated carbocycles. The normalized spacial score (nSPS) is 11.2. The lowest BCUT2D eigenvalue weighted by molar-refractivity contribution is -0.165. The van der Waals surface area contributed by atoms with Crippen LogP contribution in [0.25, 0.3) is 0 Å². The maximum absolute atomic E-state index is 11.0. The molecule has 0 aliphatic heterocycles. The topological polar surface area (TPSA) is 60.8 Å². The van der Waals surface area contributed by atoms with Crippen LogP contribution in [0.4, 0.5) is 0 Å². The predicted molar refractivity (Wildman–Crippen MR) is 82.7 cm³/mol. The number of carbonyl (C=O) groups is 1. The molecule has 0 bridgehead atoms. The van der Waals surface area contributed by atoms with Crippen LogP contribution in [0.5, 0.6) is 0 Å². The van der Waals surface area contributed by atoms with Gasteiger partial charge in [0.2, 0.25) is 5.91 Å². The molecule has 0 fully saturated rings. The molecule has 0 aromatic heterocycles. The Morgan fingerprint density at radius 2 is 1.91 bits per heavy atom. The molecule has 1 atom stereocenters. The molecule has 2 rings (SSSR count). The Balaban J connectivity index is 2.12. The maximum Gasteiger partial charge on any atom is 0.243 e. The van der Waals surface area contributed by atoms with E-state index in [1.54, 1.807) is 24.3 Å². The van der Waals surface area contributed by atoms with Crippen molar-refractivity contribution in [1.82, 2.24) is 5.06 Å². The Morgan fingerprint density at radius 1 is 1.18 bits per heavy atom. The number of carbonyl (C=O) groups excluding carboxylic acids is 1. The van der Waals surface area contributed by atoms with Crippen molar-refractivity contribution in [3.8, 4) is 11.8 Å². The average molecular weight is 295 g/mol. The second-order valence-corrected chi connectivity index (χ2v) is 4.86. The summed E-state index contributed by atoms with van der Waals surface area (Å²) in [6.07, 6.45) is -0.926. The molecule has 0 radical (unpaired) electrons. The van der Waals surface area contributed by atoms with Gasteiger partial charge in [-0.3, -0.25) is 10.0 Å². The summed E-state index contributed by atoms with van der Waals surface area (Å²) in [6.45, 7) is 1.35. The zero-order chi connectivity index (χ0) is 15.9. The minimum Gasteiger partial charge on any atom is -0.376 e. The summed E-state index contributed by atoms with van der Waals surface area (Å²) in [5.74, 6) is 5.25. The van der Waals surface area contributed by atoms with Crippen molar-refractivity contribution in [1.29, 1.82) is 0 Å². The van der Waals surface area contributed by atoms with Gasteiger partial charge >= 0.3 is 0 Å². The van der Waals surface area contributed by atoms with Gasteiger partial charge in [0.05, 0.1) is 6.54 Å². The molecule has 2 aromatic carbocycles. The Bertz CT molecular complexity index is 701. The molecule has 0 heterocycles.